The Labute approximate surface area is 120 Å². The summed E-state index contributed by atoms with van der Waals surface area (Å²) >= 11 is 0. The normalized spacial score (nSPS) is 12.1. The van der Waals surface area contributed by atoms with Crippen molar-refractivity contribution >= 4 is 19.7 Å². The number of nitriles is 1. The quantitative estimate of drug-likeness (QED) is 0.806. The van der Waals surface area contributed by atoms with E-state index in [9.17, 15) is 18.0 Å². The average Bonchev–Trinajstić information content (AvgIpc) is 2.30. The molecule has 1 rings (SSSR count). The summed E-state index contributed by atoms with van der Waals surface area (Å²) in [5, 5.41) is 8.87. The monoisotopic (exact) mass is 319 g/mol. The minimum absolute atomic E-state index is 0.181. The number of hydrogen-bond donors (Lipinski definition) is 1. The lowest BCUT2D eigenvalue weighted by molar-refractivity contribution is 0.410. The number of rotatable bonds is 5. The van der Waals surface area contributed by atoms with Gasteiger partial charge in [-0.2, -0.15) is 5.26 Å². The molecule has 7 nitrogen and oxygen atoms in total. The molecule has 0 spiro atoms. The van der Waals surface area contributed by atoms with Crippen LogP contribution in [0.3, 0.4) is 0 Å². The SMILES string of the molecule is CC(C)(C#N)CCCn1cc(S(=O)(=O)Cl)c(=O)[nH]c1=O. The third kappa shape index (κ3) is 4.21. The topological polar surface area (TPSA) is 113 Å². The number of hydrogen-bond acceptors (Lipinski definition) is 5. The predicted octanol–water partition coefficient (Wildman–Crippen LogP) is 0.794. The molecule has 20 heavy (non-hydrogen) atoms. The summed E-state index contributed by atoms with van der Waals surface area (Å²) in [6.45, 7) is 3.70. The van der Waals surface area contributed by atoms with Crippen LogP contribution < -0.4 is 11.2 Å². The zero-order valence-electron chi connectivity index (χ0n) is 11.0. The van der Waals surface area contributed by atoms with Gasteiger partial charge in [-0.15, -0.1) is 0 Å². The summed E-state index contributed by atoms with van der Waals surface area (Å²) in [4.78, 5) is 24.1. The Morgan fingerprint density at radius 1 is 1.45 bits per heavy atom. The Morgan fingerprint density at radius 2 is 2.05 bits per heavy atom. The van der Waals surface area contributed by atoms with Gasteiger partial charge in [0, 0.05) is 23.4 Å². The van der Waals surface area contributed by atoms with E-state index in [4.69, 9.17) is 15.9 Å². The van der Waals surface area contributed by atoms with Crippen LogP contribution in [0.25, 0.3) is 0 Å². The van der Waals surface area contributed by atoms with Crippen molar-refractivity contribution in [2.75, 3.05) is 0 Å². The molecular weight excluding hydrogens is 306 g/mol. The Morgan fingerprint density at radius 3 is 2.55 bits per heavy atom. The number of H-pyrrole nitrogens is 1. The van der Waals surface area contributed by atoms with Crippen molar-refractivity contribution in [3.63, 3.8) is 0 Å². The van der Waals surface area contributed by atoms with Crippen molar-refractivity contribution < 1.29 is 8.42 Å². The maximum absolute atomic E-state index is 11.5. The predicted molar refractivity (Wildman–Crippen MR) is 73.0 cm³/mol. The average molecular weight is 320 g/mol. The Bertz CT molecular complexity index is 755. The van der Waals surface area contributed by atoms with Gasteiger partial charge in [0.2, 0.25) is 0 Å². The Hall–Kier alpha value is -1.59. The summed E-state index contributed by atoms with van der Waals surface area (Å²) in [5.41, 5.74) is -2.29. The maximum atomic E-state index is 11.5. The molecule has 0 bridgehead atoms. The first-order valence-electron chi connectivity index (χ1n) is 5.76. The molecule has 0 unspecified atom stereocenters. The van der Waals surface area contributed by atoms with E-state index in [1.165, 1.54) is 0 Å². The second-order valence-electron chi connectivity index (χ2n) is 4.98. The molecule has 110 valence electrons. The highest BCUT2D eigenvalue weighted by Crippen LogP contribution is 2.20. The Kier molecular flexibility index (Phi) is 4.78. The molecular formula is C11H14ClN3O4S. The molecule has 0 radical (unpaired) electrons. The fourth-order valence-corrected chi connectivity index (χ4v) is 2.43. The van der Waals surface area contributed by atoms with Crippen LogP contribution in [-0.4, -0.2) is 18.0 Å². The zero-order valence-corrected chi connectivity index (χ0v) is 12.6. The molecule has 1 N–H and O–H groups in total. The number of halogens is 1. The summed E-state index contributed by atoms with van der Waals surface area (Å²) in [6, 6.07) is 2.12. The zero-order chi connectivity index (χ0) is 15.6. The number of nitrogens with zero attached hydrogens (tertiary/aromatic N) is 2. The molecule has 1 heterocycles. The molecule has 0 aliphatic rings. The maximum Gasteiger partial charge on any atom is 0.328 e. The van der Waals surface area contributed by atoms with E-state index < -0.39 is 30.6 Å². The van der Waals surface area contributed by atoms with Gasteiger partial charge < -0.3 is 0 Å². The molecule has 1 aromatic heterocycles. The van der Waals surface area contributed by atoms with Crippen molar-refractivity contribution in [1.82, 2.24) is 9.55 Å². The van der Waals surface area contributed by atoms with E-state index in [0.717, 1.165) is 10.8 Å². The van der Waals surface area contributed by atoms with Crippen LogP contribution >= 0.6 is 10.7 Å². The van der Waals surface area contributed by atoms with Gasteiger partial charge in [0.05, 0.1) is 11.5 Å². The summed E-state index contributed by atoms with van der Waals surface area (Å²) in [5.74, 6) is 0. The summed E-state index contributed by atoms with van der Waals surface area (Å²) in [6.07, 6.45) is 1.93. The van der Waals surface area contributed by atoms with E-state index in [1.807, 2.05) is 4.98 Å². The number of nitrogens with one attached hydrogen (secondary N) is 1. The van der Waals surface area contributed by atoms with Crippen LogP contribution in [0, 0.1) is 16.7 Å². The van der Waals surface area contributed by atoms with Crippen molar-refractivity contribution in [2.24, 2.45) is 5.41 Å². The number of aromatic amines is 1. The molecule has 0 atom stereocenters. The van der Waals surface area contributed by atoms with E-state index >= 15 is 0 Å². The number of aromatic nitrogens is 2. The van der Waals surface area contributed by atoms with Gasteiger partial charge in [0.15, 0.2) is 4.90 Å². The Balaban J connectivity index is 3.01. The highest BCUT2D eigenvalue weighted by molar-refractivity contribution is 8.13. The molecule has 0 aliphatic carbocycles. The molecule has 0 fully saturated rings. The van der Waals surface area contributed by atoms with Crippen molar-refractivity contribution in [3.8, 4) is 6.07 Å². The third-order valence-corrected chi connectivity index (χ3v) is 4.06. The fraction of sp³-hybridized carbons (Fsp3) is 0.545. The van der Waals surface area contributed by atoms with Crippen LogP contribution in [-0.2, 0) is 15.6 Å². The molecule has 0 aliphatic heterocycles. The molecule has 0 saturated carbocycles. The van der Waals surface area contributed by atoms with Gasteiger partial charge in [-0.25, -0.2) is 13.2 Å². The largest absolute Gasteiger partial charge is 0.328 e. The van der Waals surface area contributed by atoms with Crippen LogP contribution in [0.4, 0.5) is 0 Å². The van der Waals surface area contributed by atoms with Crippen molar-refractivity contribution in [1.29, 1.82) is 5.26 Å². The van der Waals surface area contributed by atoms with Crippen LogP contribution in [0.1, 0.15) is 26.7 Å². The second kappa shape index (κ2) is 5.81. The van der Waals surface area contributed by atoms with Crippen LogP contribution in [0.15, 0.2) is 20.7 Å². The minimum atomic E-state index is -4.21. The second-order valence-corrected chi connectivity index (χ2v) is 7.52. The first-order chi connectivity index (χ1) is 9.07. The molecule has 0 saturated heterocycles. The van der Waals surface area contributed by atoms with Gasteiger partial charge in [-0.1, -0.05) is 0 Å². The highest BCUT2D eigenvalue weighted by atomic mass is 35.7. The van der Waals surface area contributed by atoms with Crippen molar-refractivity contribution in [3.05, 3.63) is 27.0 Å². The molecule has 0 aromatic carbocycles. The van der Waals surface area contributed by atoms with Gasteiger partial charge in [0.25, 0.3) is 14.6 Å². The third-order valence-electron chi connectivity index (χ3n) is 2.74. The van der Waals surface area contributed by atoms with Crippen molar-refractivity contribution in [2.45, 2.75) is 38.1 Å². The summed E-state index contributed by atoms with van der Waals surface area (Å²) in [7, 11) is 0.897. The first kappa shape index (κ1) is 16.5. The van der Waals surface area contributed by atoms with E-state index in [2.05, 4.69) is 6.07 Å². The van der Waals surface area contributed by atoms with E-state index in [-0.39, 0.29) is 6.54 Å². The standard InChI is InChI=1S/C11H14ClN3O4S/c1-11(2,7-13)4-3-5-15-6-8(20(12,18)19)9(16)14-10(15)17/h6H,3-5H2,1-2H3,(H,14,16,17). The van der Waals surface area contributed by atoms with Crippen LogP contribution in [0.2, 0.25) is 0 Å². The summed E-state index contributed by atoms with van der Waals surface area (Å²) < 4.78 is 23.4. The first-order valence-corrected chi connectivity index (χ1v) is 8.07. The lowest BCUT2D eigenvalue weighted by atomic mass is 9.90. The number of aryl methyl sites for hydroxylation is 1. The van der Waals surface area contributed by atoms with Crippen LogP contribution in [0.5, 0.6) is 0 Å². The molecule has 9 heteroatoms. The lowest BCUT2D eigenvalue weighted by Gasteiger charge is -2.14. The van der Waals surface area contributed by atoms with Gasteiger partial charge in [0.1, 0.15) is 0 Å². The van der Waals surface area contributed by atoms with E-state index in [0.29, 0.717) is 12.8 Å². The lowest BCUT2D eigenvalue weighted by Crippen LogP contribution is -2.32. The highest BCUT2D eigenvalue weighted by Gasteiger charge is 2.19. The minimum Gasteiger partial charge on any atom is -0.299 e. The van der Waals surface area contributed by atoms with Gasteiger partial charge in [-0.3, -0.25) is 14.3 Å². The molecule has 0 amide bonds. The van der Waals surface area contributed by atoms with E-state index in [1.54, 1.807) is 13.8 Å². The fourth-order valence-electron chi connectivity index (χ4n) is 1.58. The smallest absolute Gasteiger partial charge is 0.299 e. The molecule has 1 aromatic rings. The van der Waals surface area contributed by atoms with Gasteiger partial charge in [-0.05, 0) is 26.7 Å². The van der Waals surface area contributed by atoms with Gasteiger partial charge >= 0.3 is 5.69 Å².